The fourth-order valence-corrected chi connectivity index (χ4v) is 2.25. The number of nitrogens with two attached hydrogens (primary N) is 1. The molecule has 1 aromatic heterocycles. The van der Waals surface area contributed by atoms with Gasteiger partial charge in [-0.3, -0.25) is 4.57 Å². The summed E-state index contributed by atoms with van der Waals surface area (Å²) in [5.41, 5.74) is -5.27. The lowest BCUT2D eigenvalue weighted by Crippen LogP contribution is -2.70. The summed E-state index contributed by atoms with van der Waals surface area (Å²) in [6.45, 7) is 0. The van der Waals surface area contributed by atoms with Crippen molar-refractivity contribution in [1.82, 2.24) is 14.5 Å². The monoisotopic (exact) mass is 304 g/mol. The zero-order valence-electron chi connectivity index (χ0n) is 11.6. The molecular formula is C8H6B6N4O5. The molecule has 3 unspecified atom stereocenters. The first-order valence-electron chi connectivity index (χ1n) is 5.98. The molecule has 1 aliphatic rings. The van der Waals surface area contributed by atoms with Crippen LogP contribution in [0.3, 0.4) is 0 Å². The summed E-state index contributed by atoms with van der Waals surface area (Å²) in [7, 11) is 32.8. The van der Waals surface area contributed by atoms with Crippen LogP contribution in [0.5, 0.6) is 0 Å². The van der Waals surface area contributed by atoms with Crippen LogP contribution < -0.4 is 17.1 Å². The van der Waals surface area contributed by atoms with Crippen molar-refractivity contribution >= 4 is 58.7 Å². The standard InChI is InChI=1S/C8H6B6N4O5/c9-2-16-3(15)17-4(20)18(2)6(11)1(19)5(10,21)7(12,23-6)8(13,14)22/h1,19,21-22H,(H2,15,17,20)/t1-,5?,6?,7?/m0/s1. The minimum Gasteiger partial charge on any atom is -0.407 e. The number of nitrogens with zero attached hydrogens (tertiary/aromatic N) is 3. The maximum atomic E-state index is 12.0. The van der Waals surface area contributed by atoms with Crippen molar-refractivity contribution in [2.45, 2.75) is 28.1 Å². The van der Waals surface area contributed by atoms with Gasteiger partial charge in [0.2, 0.25) is 5.95 Å². The molecule has 0 bridgehead atoms. The number of aromatic nitrogens is 3. The van der Waals surface area contributed by atoms with Gasteiger partial charge in [-0.05, 0) is 0 Å². The van der Waals surface area contributed by atoms with E-state index in [2.05, 4.69) is 9.97 Å². The molecule has 2 rings (SSSR count). The van der Waals surface area contributed by atoms with Crippen LogP contribution >= 0.6 is 0 Å². The van der Waals surface area contributed by atoms with Gasteiger partial charge >= 0.3 is 5.69 Å². The average molecular weight is 303 g/mol. The first-order valence-corrected chi connectivity index (χ1v) is 5.98. The second-order valence-electron chi connectivity index (χ2n) is 5.20. The summed E-state index contributed by atoms with van der Waals surface area (Å²) >= 11 is 0. The predicted molar refractivity (Wildman–Crippen MR) is 82.6 cm³/mol. The summed E-state index contributed by atoms with van der Waals surface area (Å²) in [6.07, 6.45) is -2.34. The third-order valence-corrected chi connectivity index (χ3v) is 3.53. The first-order chi connectivity index (χ1) is 10.2. The topological polar surface area (TPSA) is 144 Å². The molecule has 0 spiro atoms. The molecule has 1 fully saturated rings. The SMILES string of the molecule is [B]c1nc(N)nc(=O)n1C1([B])OC([B])(C([B])([B])O)C([B])(O)[C@@H]1O. The fraction of sp³-hybridized carbons (Fsp3) is 0.625. The number of hydrogen-bond donors (Lipinski definition) is 4. The van der Waals surface area contributed by atoms with E-state index in [9.17, 15) is 20.1 Å². The van der Waals surface area contributed by atoms with Gasteiger partial charge in [0.25, 0.3) is 0 Å². The van der Waals surface area contributed by atoms with Crippen molar-refractivity contribution in [2.75, 3.05) is 5.73 Å². The van der Waals surface area contributed by atoms with E-state index in [4.69, 9.17) is 57.5 Å². The van der Waals surface area contributed by atoms with E-state index in [1.54, 1.807) is 0 Å². The Labute approximate surface area is 138 Å². The molecule has 0 amide bonds. The Morgan fingerprint density at radius 2 is 1.83 bits per heavy atom. The number of nitrogen functional groups attached to an aromatic ring is 1. The van der Waals surface area contributed by atoms with Gasteiger partial charge in [0.05, 0.1) is 16.7 Å². The van der Waals surface area contributed by atoms with Crippen LogP contribution in [0.15, 0.2) is 4.79 Å². The van der Waals surface area contributed by atoms with E-state index in [0.29, 0.717) is 4.57 Å². The van der Waals surface area contributed by atoms with Crippen molar-refractivity contribution in [3.05, 3.63) is 10.5 Å². The van der Waals surface area contributed by atoms with E-state index in [-0.39, 0.29) is 0 Å². The second kappa shape index (κ2) is 4.92. The Morgan fingerprint density at radius 3 is 2.22 bits per heavy atom. The molecular weight excluding hydrogens is 297 g/mol. The van der Waals surface area contributed by atoms with Crippen LogP contribution in [0.2, 0.25) is 0 Å². The van der Waals surface area contributed by atoms with Crippen molar-refractivity contribution in [1.29, 1.82) is 0 Å². The smallest absolute Gasteiger partial charge is 0.353 e. The van der Waals surface area contributed by atoms with E-state index in [1.165, 1.54) is 0 Å². The molecule has 12 radical (unpaired) electrons. The molecule has 5 N–H and O–H groups in total. The molecule has 0 aromatic carbocycles. The van der Waals surface area contributed by atoms with Gasteiger partial charge in [-0.1, -0.05) is 0 Å². The van der Waals surface area contributed by atoms with Gasteiger partial charge in [0.15, 0.2) is 7.85 Å². The Kier molecular flexibility index (Phi) is 3.89. The van der Waals surface area contributed by atoms with Crippen molar-refractivity contribution in [3.63, 3.8) is 0 Å². The lowest BCUT2D eigenvalue weighted by Gasteiger charge is -2.47. The molecule has 106 valence electrons. The third kappa shape index (κ3) is 2.29. The summed E-state index contributed by atoms with van der Waals surface area (Å²) in [6, 6.07) is 0. The van der Waals surface area contributed by atoms with Gasteiger partial charge < -0.3 is 25.8 Å². The lowest BCUT2D eigenvalue weighted by molar-refractivity contribution is -0.130. The molecule has 15 heteroatoms. The van der Waals surface area contributed by atoms with Gasteiger partial charge in [0, 0.05) is 5.40 Å². The number of aliphatic hydroxyl groups excluding tert-OH is 1. The van der Waals surface area contributed by atoms with Crippen LogP contribution in [-0.2, 0) is 10.4 Å². The molecule has 1 aliphatic heterocycles. The van der Waals surface area contributed by atoms with E-state index >= 15 is 0 Å². The quantitative estimate of drug-likeness (QED) is 0.395. The Bertz CT molecular complexity index is 709. The lowest BCUT2D eigenvalue weighted by atomic mass is 9.41. The molecule has 23 heavy (non-hydrogen) atoms. The van der Waals surface area contributed by atoms with Crippen LogP contribution in [0, 0.1) is 0 Å². The van der Waals surface area contributed by atoms with Gasteiger partial charge in [-0.25, -0.2) is 9.78 Å². The Morgan fingerprint density at radius 1 is 1.30 bits per heavy atom. The number of ether oxygens (including phenoxy) is 1. The van der Waals surface area contributed by atoms with Gasteiger partial charge in [-0.15, -0.1) is 0 Å². The number of aliphatic hydroxyl groups is 3. The highest BCUT2D eigenvalue weighted by Gasteiger charge is 2.68. The first kappa shape index (κ1) is 18.2. The largest absolute Gasteiger partial charge is 0.407 e. The number of hydrogen-bond acceptors (Lipinski definition) is 8. The molecule has 2 heterocycles. The van der Waals surface area contributed by atoms with Gasteiger partial charge in [-0.2, -0.15) is 4.98 Å². The summed E-state index contributed by atoms with van der Waals surface area (Å²) in [5, 5.41) is 27.2. The average Bonchev–Trinajstić information content (AvgIpc) is 2.47. The minimum atomic E-state index is -3.01. The highest BCUT2D eigenvalue weighted by Crippen LogP contribution is 2.46. The molecule has 0 saturated carbocycles. The third-order valence-electron chi connectivity index (χ3n) is 3.53. The van der Waals surface area contributed by atoms with Crippen LogP contribution in [0.25, 0.3) is 0 Å². The molecule has 1 aromatic rings. The van der Waals surface area contributed by atoms with Crippen LogP contribution in [-0.4, -0.2) is 99.4 Å². The molecule has 1 saturated heterocycles. The highest BCUT2D eigenvalue weighted by molar-refractivity contribution is 6.46. The number of rotatable bonds is 2. The predicted octanol–water partition coefficient (Wildman–Crippen LogP) is -7.11. The zero-order chi connectivity index (χ0) is 18.0. The van der Waals surface area contributed by atoms with Crippen molar-refractivity contribution in [3.8, 4) is 0 Å². The fourth-order valence-electron chi connectivity index (χ4n) is 2.25. The van der Waals surface area contributed by atoms with Crippen molar-refractivity contribution in [2.24, 2.45) is 0 Å². The second-order valence-corrected chi connectivity index (χ2v) is 5.20. The maximum Gasteiger partial charge on any atom is 0.353 e. The van der Waals surface area contributed by atoms with Gasteiger partial charge in [0.1, 0.15) is 51.0 Å². The Hall–Kier alpha value is -1.16. The summed E-state index contributed by atoms with van der Waals surface area (Å²) < 4.78 is 5.32. The van der Waals surface area contributed by atoms with Crippen LogP contribution in [0.4, 0.5) is 5.95 Å². The maximum absolute atomic E-state index is 12.0. The van der Waals surface area contributed by atoms with Crippen molar-refractivity contribution < 1.29 is 20.1 Å². The minimum absolute atomic E-state index is 0.312. The van der Waals surface area contributed by atoms with Crippen LogP contribution in [0.1, 0.15) is 0 Å². The zero-order valence-corrected chi connectivity index (χ0v) is 11.6. The molecule has 4 atom stereocenters. The molecule has 9 nitrogen and oxygen atoms in total. The number of anilines is 1. The van der Waals surface area contributed by atoms with E-state index in [1.807, 2.05) is 0 Å². The molecule has 0 aliphatic carbocycles. The summed E-state index contributed by atoms with van der Waals surface area (Å²) in [4.78, 5) is 18.7. The van der Waals surface area contributed by atoms with E-state index < -0.39 is 45.5 Å². The normalized spacial score (nSPS) is 37.8. The Balaban J connectivity index is 2.73. The van der Waals surface area contributed by atoms with E-state index in [0.717, 1.165) is 0 Å². The highest BCUT2D eigenvalue weighted by atomic mass is 16.6. The summed E-state index contributed by atoms with van der Waals surface area (Å²) in [5.74, 6) is -0.490.